The van der Waals surface area contributed by atoms with Crippen LogP contribution in [0.5, 0.6) is 0 Å². The Morgan fingerprint density at radius 1 is 1.27 bits per heavy atom. The van der Waals surface area contributed by atoms with Crippen molar-refractivity contribution in [3.05, 3.63) is 0 Å². The second-order valence-electron chi connectivity index (χ2n) is 4.70. The first-order valence-electron chi connectivity index (χ1n) is 4.82. The highest BCUT2D eigenvalue weighted by atomic mass is 16.5. The Morgan fingerprint density at radius 2 is 2.00 bits per heavy atom. The van der Waals surface area contributed by atoms with Gasteiger partial charge in [-0.2, -0.15) is 0 Å². The fraction of sp³-hybridized carbons (Fsp3) is 1.00. The summed E-state index contributed by atoms with van der Waals surface area (Å²) < 4.78 is 5.74. The van der Waals surface area contributed by atoms with Gasteiger partial charge in [0.1, 0.15) is 0 Å². The molecule has 2 rings (SSSR count). The van der Waals surface area contributed by atoms with Crippen LogP contribution < -0.4 is 0 Å². The molecule has 0 amide bonds. The summed E-state index contributed by atoms with van der Waals surface area (Å²) in [4.78, 5) is 0. The lowest BCUT2D eigenvalue weighted by molar-refractivity contribution is -0.00434. The molecule has 1 heteroatoms. The van der Waals surface area contributed by atoms with Gasteiger partial charge in [-0.25, -0.2) is 0 Å². The normalized spacial score (nSPS) is 42.0. The summed E-state index contributed by atoms with van der Waals surface area (Å²) in [7, 11) is 0. The average Bonchev–Trinajstić information content (AvgIpc) is 2.62. The van der Waals surface area contributed by atoms with Gasteiger partial charge in [-0.15, -0.1) is 0 Å². The lowest BCUT2D eigenvalue weighted by Gasteiger charge is -2.23. The molecule has 1 saturated carbocycles. The minimum atomic E-state index is 0.599. The Morgan fingerprint density at radius 3 is 2.45 bits per heavy atom. The van der Waals surface area contributed by atoms with Gasteiger partial charge in [0, 0.05) is 6.61 Å². The van der Waals surface area contributed by atoms with Crippen molar-refractivity contribution in [1.29, 1.82) is 0 Å². The molecule has 2 unspecified atom stereocenters. The third-order valence-electron chi connectivity index (χ3n) is 3.25. The second kappa shape index (κ2) is 2.48. The van der Waals surface area contributed by atoms with Gasteiger partial charge < -0.3 is 4.74 Å². The Balaban J connectivity index is 1.86. The first-order valence-corrected chi connectivity index (χ1v) is 4.82. The van der Waals surface area contributed by atoms with Gasteiger partial charge in [0.2, 0.25) is 0 Å². The van der Waals surface area contributed by atoms with E-state index in [2.05, 4.69) is 13.8 Å². The van der Waals surface area contributed by atoms with Gasteiger partial charge >= 0.3 is 0 Å². The fourth-order valence-corrected chi connectivity index (χ4v) is 2.23. The largest absolute Gasteiger partial charge is 0.378 e. The number of ether oxygens (including phenoxy) is 1. The highest BCUT2D eigenvalue weighted by Crippen LogP contribution is 2.55. The summed E-state index contributed by atoms with van der Waals surface area (Å²) in [6.07, 6.45) is 5.98. The van der Waals surface area contributed by atoms with Crippen molar-refractivity contribution < 1.29 is 4.74 Å². The minimum Gasteiger partial charge on any atom is -0.378 e. The Hall–Kier alpha value is -0.0400. The van der Waals surface area contributed by atoms with Gasteiger partial charge in [0.05, 0.1) is 6.10 Å². The van der Waals surface area contributed by atoms with Crippen LogP contribution in [-0.4, -0.2) is 12.7 Å². The van der Waals surface area contributed by atoms with E-state index in [4.69, 9.17) is 4.74 Å². The summed E-state index contributed by atoms with van der Waals surface area (Å²) >= 11 is 0. The molecule has 1 aliphatic heterocycles. The van der Waals surface area contributed by atoms with Crippen LogP contribution in [0.25, 0.3) is 0 Å². The summed E-state index contributed by atoms with van der Waals surface area (Å²) in [6, 6.07) is 0. The zero-order valence-corrected chi connectivity index (χ0v) is 7.60. The van der Waals surface area contributed by atoms with E-state index in [0.717, 1.165) is 12.5 Å². The Bertz CT molecular complexity index is 145. The molecule has 0 aromatic rings. The van der Waals surface area contributed by atoms with Crippen molar-refractivity contribution in [1.82, 2.24) is 0 Å². The molecule has 0 radical (unpaired) electrons. The molecule has 2 fully saturated rings. The monoisotopic (exact) mass is 154 g/mol. The standard InChI is InChI=1S/C10H18O/c1-10(2)7-8(10)9-5-3-4-6-11-9/h8-9H,3-7H2,1-2H3. The molecule has 0 bridgehead atoms. The maximum Gasteiger partial charge on any atom is 0.0608 e. The predicted octanol–water partition coefficient (Wildman–Crippen LogP) is 2.60. The van der Waals surface area contributed by atoms with E-state index < -0.39 is 0 Å². The van der Waals surface area contributed by atoms with Gasteiger partial charge in [-0.05, 0) is 37.0 Å². The second-order valence-corrected chi connectivity index (χ2v) is 4.70. The molecule has 1 saturated heterocycles. The van der Waals surface area contributed by atoms with Crippen LogP contribution in [0.1, 0.15) is 39.5 Å². The first-order chi connectivity index (χ1) is 5.20. The molecule has 2 aliphatic rings. The van der Waals surface area contributed by atoms with Gasteiger partial charge in [0.25, 0.3) is 0 Å². The third kappa shape index (κ3) is 1.44. The summed E-state index contributed by atoms with van der Waals surface area (Å²) in [5.41, 5.74) is 0.599. The van der Waals surface area contributed by atoms with Crippen LogP contribution in [-0.2, 0) is 4.74 Å². The topological polar surface area (TPSA) is 9.23 Å². The van der Waals surface area contributed by atoms with E-state index in [-0.39, 0.29) is 0 Å². The van der Waals surface area contributed by atoms with Crippen molar-refractivity contribution in [3.8, 4) is 0 Å². The van der Waals surface area contributed by atoms with E-state index in [1.54, 1.807) is 0 Å². The lowest BCUT2D eigenvalue weighted by atomic mass is 10.00. The molecule has 11 heavy (non-hydrogen) atoms. The van der Waals surface area contributed by atoms with Crippen LogP contribution >= 0.6 is 0 Å². The van der Waals surface area contributed by atoms with Crippen molar-refractivity contribution in [2.45, 2.75) is 45.6 Å². The zero-order chi connectivity index (χ0) is 7.90. The first kappa shape index (κ1) is 7.60. The van der Waals surface area contributed by atoms with Crippen molar-refractivity contribution in [2.75, 3.05) is 6.61 Å². The quantitative estimate of drug-likeness (QED) is 0.564. The number of hydrogen-bond donors (Lipinski definition) is 0. The molecular weight excluding hydrogens is 136 g/mol. The van der Waals surface area contributed by atoms with Gasteiger partial charge in [0.15, 0.2) is 0 Å². The fourth-order valence-electron chi connectivity index (χ4n) is 2.23. The van der Waals surface area contributed by atoms with E-state index in [1.165, 1.54) is 25.7 Å². The van der Waals surface area contributed by atoms with Crippen LogP contribution in [0, 0.1) is 11.3 Å². The molecule has 1 heterocycles. The highest BCUT2D eigenvalue weighted by molar-refractivity contribution is 5.00. The zero-order valence-electron chi connectivity index (χ0n) is 7.60. The molecule has 0 N–H and O–H groups in total. The van der Waals surface area contributed by atoms with E-state index >= 15 is 0 Å². The van der Waals surface area contributed by atoms with E-state index in [1.807, 2.05) is 0 Å². The molecule has 1 aliphatic carbocycles. The van der Waals surface area contributed by atoms with Crippen molar-refractivity contribution >= 4 is 0 Å². The van der Waals surface area contributed by atoms with Crippen LogP contribution in [0.3, 0.4) is 0 Å². The van der Waals surface area contributed by atoms with Crippen molar-refractivity contribution in [2.24, 2.45) is 11.3 Å². The summed E-state index contributed by atoms with van der Waals surface area (Å²) in [5.74, 6) is 0.878. The number of rotatable bonds is 1. The minimum absolute atomic E-state index is 0.599. The van der Waals surface area contributed by atoms with Gasteiger partial charge in [-0.1, -0.05) is 13.8 Å². The van der Waals surface area contributed by atoms with E-state index in [0.29, 0.717) is 11.5 Å². The SMILES string of the molecule is CC1(C)CC1C1CCCCO1. The van der Waals surface area contributed by atoms with Gasteiger partial charge in [-0.3, -0.25) is 0 Å². The Labute approximate surface area is 69.1 Å². The van der Waals surface area contributed by atoms with Crippen LogP contribution in [0.4, 0.5) is 0 Å². The summed E-state index contributed by atoms with van der Waals surface area (Å²) in [6.45, 7) is 5.72. The molecule has 64 valence electrons. The lowest BCUT2D eigenvalue weighted by Crippen LogP contribution is -2.22. The van der Waals surface area contributed by atoms with Crippen molar-refractivity contribution in [3.63, 3.8) is 0 Å². The summed E-state index contributed by atoms with van der Waals surface area (Å²) in [5, 5.41) is 0. The smallest absolute Gasteiger partial charge is 0.0608 e. The Kier molecular flexibility index (Phi) is 1.71. The molecule has 0 aromatic carbocycles. The molecule has 1 nitrogen and oxygen atoms in total. The van der Waals surface area contributed by atoms with E-state index in [9.17, 15) is 0 Å². The predicted molar refractivity (Wildman–Crippen MR) is 45.5 cm³/mol. The average molecular weight is 154 g/mol. The third-order valence-corrected chi connectivity index (χ3v) is 3.25. The highest BCUT2D eigenvalue weighted by Gasteiger charge is 2.50. The van der Waals surface area contributed by atoms with Crippen LogP contribution in [0.2, 0.25) is 0 Å². The molecule has 0 aromatic heterocycles. The van der Waals surface area contributed by atoms with Crippen LogP contribution in [0.15, 0.2) is 0 Å². The maximum atomic E-state index is 5.74. The molecule has 0 spiro atoms. The molecule has 2 atom stereocenters. The molecular formula is C10H18O. The maximum absolute atomic E-state index is 5.74. The number of hydrogen-bond acceptors (Lipinski definition) is 1.